The lowest BCUT2D eigenvalue weighted by Crippen LogP contribution is -2.38. The second kappa shape index (κ2) is 6.49. The number of hydrogen-bond acceptors (Lipinski definition) is 3. The van der Waals surface area contributed by atoms with Gasteiger partial charge in [0, 0.05) is 18.8 Å². The zero-order chi connectivity index (χ0) is 13.7. The molecule has 0 aliphatic rings. The molecule has 0 aromatic carbocycles. The van der Waals surface area contributed by atoms with Crippen molar-refractivity contribution < 1.29 is 14.7 Å². The van der Waals surface area contributed by atoms with Gasteiger partial charge in [-0.05, 0) is 41.9 Å². The Morgan fingerprint density at radius 2 is 2.17 bits per heavy atom. The molecule has 0 radical (unpaired) electrons. The molecule has 0 aliphatic carbocycles. The van der Waals surface area contributed by atoms with Gasteiger partial charge in [0.25, 0.3) is 5.91 Å². The van der Waals surface area contributed by atoms with Gasteiger partial charge in [0.1, 0.15) is 4.60 Å². The first-order chi connectivity index (χ1) is 8.43. The number of amides is 1. The smallest absolute Gasteiger partial charge is 0.305 e. The summed E-state index contributed by atoms with van der Waals surface area (Å²) in [6, 6.07) is 3.27. The molecule has 1 rings (SSSR count). The van der Waals surface area contributed by atoms with Gasteiger partial charge in [-0.1, -0.05) is 0 Å². The minimum atomic E-state index is -0.918. The Morgan fingerprint density at radius 3 is 2.67 bits per heavy atom. The number of halogens is 1. The highest BCUT2D eigenvalue weighted by Gasteiger charge is 2.21. The zero-order valence-electron chi connectivity index (χ0n) is 10.3. The highest BCUT2D eigenvalue weighted by atomic mass is 79.9. The molecule has 0 atom stereocenters. The molecule has 0 unspecified atom stereocenters. The Balaban J connectivity index is 2.90. The second-order valence-electron chi connectivity index (χ2n) is 4.08. The van der Waals surface area contributed by atoms with E-state index in [4.69, 9.17) is 5.11 Å². The van der Waals surface area contributed by atoms with Crippen LogP contribution in [0.2, 0.25) is 0 Å². The van der Waals surface area contributed by atoms with Crippen LogP contribution >= 0.6 is 15.9 Å². The second-order valence-corrected chi connectivity index (χ2v) is 4.83. The zero-order valence-corrected chi connectivity index (χ0v) is 11.8. The quantitative estimate of drug-likeness (QED) is 0.846. The molecule has 6 heteroatoms. The van der Waals surface area contributed by atoms with Crippen LogP contribution < -0.4 is 0 Å². The fraction of sp³-hybridized carbons (Fsp3) is 0.417. The third-order valence-corrected chi connectivity index (χ3v) is 3.07. The number of pyridine rings is 1. The van der Waals surface area contributed by atoms with Crippen molar-refractivity contribution in [3.63, 3.8) is 0 Å². The largest absolute Gasteiger partial charge is 0.481 e. The summed E-state index contributed by atoms with van der Waals surface area (Å²) in [5.41, 5.74) is 0.441. The predicted molar refractivity (Wildman–Crippen MR) is 70.4 cm³/mol. The maximum absolute atomic E-state index is 12.3. The van der Waals surface area contributed by atoms with Crippen LogP contribution in [0.3, 0.4) is 0 Å². The number of rotatable bonds is 5. The Hall–Kier alpha value is -1.43. The summed E-state index contributed by atoms with van der Waals surface area (Å²) in [4.78, 5) is 28.4. The van der Waals surface area contributed by atoms with Crippen molar-refractivity contribution in [1.82, 2.24) is 9.88 Å². The van der Waals surface area contributed by atoms with Crippen LogP contribution in [0.5, 0.6) is 0 Å². The normalized spacial score (nSPS) is 10.4. The van der Waals surface area contributed by atoms with Crippen LogP contribution in [-0.2, 0) is 4.79 Å². The van der Waals surface area contributed by atoms with E-state index in [1.165, 1.54) is 4.90 Å². The Kier molecular flexibility index (Phi) is 5.27. The lowest BCUT2D eigenvalue weighted by molar-refractivity contribution is -0.137. The maximum atomic E-state index is 12.3. The fourth-order valence-corrected chi connectivity index (χ4v) is 1.93. The summed E-state index contributed by atoms with van der Waals surface area (Å²) in [7, 11) is 0. The lowest BCUT2D eigenvalue weighted by atomic mass is 10.2. The molecule has 1 amide bonds. The number of carboxylic acids is 1. The number of carbonyl (C=O) groups excluding carboxylic acids is 1. The van der Waals surface area contributed by atoms with E-state index in [1.54, 1.807) is 18.3 Å². The van der Waals surface area contributed by atoms with Crippen LogP contribution in [0.4, 0.5) is 0 Å². The monoisotopic (exact) mass is 314 g/mol. The first-order valence-electron chi connectivity index (χ1n) is 5.56. The van der Waals surface area contributed by atoms with Gasteiger partial charge >= 0.3 is 5.97 Å². The van der Waals surface area contributed by atoms with Crippen molar-refractivity contribution >= 4 is 27.8 Å². The molecule has 18 heavy (non-hydrogen) atoms. The van der Waals surface area contributed by atoms with Crippen molar-refractivity contribution in [2.45, 2.75) is 26.3 Å². The fourth-order valence-electron chi connectivity index (χ4n) is 1.51. The van der Waals surface area contributed by atoms with E-state index < -0.39 is 5.97 Å². The Bertz CT molecular complexity index is 449. The molecule has 0 saturated carbocycles. The number of hydrogen-bond donors (Lipinski definition) is 1. The van der Waals surface area contributed by atoms with Crippen molar-refractivity contribution in [2.24, 2.45) is 0 Å². The SMILES string of the molecule is CC(C)N(CCC(=O)O)C(=O)c1cccnc1Br. The average molecular weight is 315 g/mol. The molecule has 0 bridgehead atoms. The van der Waals surface area contributed by atoms with Crippen LogP contribution in [0.1, 0.15) is 30.6 Å². The third-order valence-electron chi connectivity index (χ3n) is 2.44. The molecule has 1 N–H and O–H groups in total. The molecule has 0 aliphatic heterocycles. The van der Waals surface area contributed by atoms with Crippen LogP contribution in [0.25, 0.3) is 0 Å². The molecule has 98 valence electrons. The number of aliphatic carboxylic acids is 1. The summed E-state index contributed by atoms with van der Waals surface area (Å²) in [5, 5.41) is 8.69. The van der Waals surface area contributed by atoms with Crippen molar-refractivity contribution in [3.8, 4) is 0 Å². The van der Waals surface area contributed by atoms with Gasteiger partial charge in [-0.2, -0.15) is 0 Å². The molecule has 1 aromatic rings. The van der Waals surface area contributed by atoms with E-state index in [0.717, 1.165) is 0 Å². The molecule has 0 saturated heterocycles. The van der Waals surface area contributed by atoms with E-state index in [2.05, 4.69) is 20.9 Å². The number of carbonyl (C=O) groups is 2. The number of carboxylic acid groups (broad SMARTS) is 1. The van der Waals surface area contributed by atoms with Gasteiger partial charge in [-0.3, -0.25) is 9.59 Å². The van der Waals surface area contributed by atoms with E-state index >= 15 is 0 Å². The van der Waals surface area contributed by atoms with Crippen molar-refractivity contribution in [3.05, 3.63) is 28.5 Å². The van der Waals surface area contributed by atoms with E-state index in [1.807, 2.05) is 13.8 Å². The molecule has 0 spiro atoms. The summed E-state index contributed by atoms with van der Waals surface area (Å²) in [5.74, 6) is -1.13. The summed E-state index contributed by atoms with van der Waals surface area (Å²) >= 11 is 3.22. The predicted octanol–water partition coefficient (Wildman–Crippen LogP) is 2.17. The minimum absolute atomic E-state index is 0.0658. The number of aromatic nitrogens is 1. The summed E-state index contributed by atoms with van der Waals surface area (Å²) in [6.45, 7) is 3.89. The van der Waals surface area contributed by atoms with Crippen LogP contribution in [0, 0.1) is 0 Å². The first kappa shape index (κ1) is 14.6. The highest BCUT2D eigenvalue weighted by molar-refractivity contribution is 9.10. The highest BCUT2D eigenvalue weighted by Crippen LogP contribution is 2.16. The molecular weight excluding hydrogens is 300 g/mol. The molecule has 1 aromatic heterocycles. The Morgan fingerprint density at radius 1 is 1.50 bits per heavy atom. The van der Waals surface area contributed by atoms with E-state index in [9.17, 15) is 9.59 Å². The molecule has 1 heterocycles. The molecule has 0 fully saturated rings. The Labute approximate surface area is 114 Å². The average Bonchev–Trinajstić information content (AvgIpc) is 2.28. The van der Waals surface area contributed by atoms with Gasteiger partial charge in [-0.15, -0.1) is 0 Å². The van der Waals surface area contributed by atoms with Gasteiger partial charge in [0.2, 0.25) is 0 Å². The third kappa shape index (κ3) is 3.80. The van der Waals surface area contributed by atoms with E-state index in [-0.39, 0.29) is 24.9 Å². The first-order valence-corrected chi connectivity index (χ1v) is 6.36. The van der Waals surface area contributed by atoms with Gasteiger partial charge in [0.05, 0.1) is 12.0 Å². The van der Waals surface area contributed by atoms with Crippen molar-refractivity contribution in [2.75, 3.05) is 6.54 Å². The van der Waals surface area contributed by atoms with Gasteiger partial charge in [-0.25, -0.2) is 4.98 Å². The van der Waals surface area contributed by atoms with Crippen molar-refractivity contribution in [1.29, 1.82) is 0 Å². The topological polar surface area (TPSA) is 70.5 Å². The lowest BCUT2D eigenvalue weighted by Gasteiger charge is -2.26. The van der Waals surface area contributed by atoms with E-state index in [0.29, 0.717) is 10.2 Å². The molecular formula is C12H15BrN2O3. The van der Waals surface area contributed by atoms with Crippen LogP contribution in [0.15, 0.2) is 22.9 Å². The summed E-state index contributed by atoms with van der Waals surface area (Å²) < 4.78 is 0.468. The summed E-state index contributed by atoms with van der Waals surface area (Å²) in [6.07, 6.45) is 1.51. The number of nitrogens with zero attached hydrogens (tertiary/aromatic N) is 2. The van der Waals surface area contributed by atoms with Gasteiger partial charge in [0.15, 0.2) is 0 Å². The molecule has 5 nitrogen and oxygen atoms in total. The van der Waals surface area contributed by atoms with Crippen LogP contribution in [-0.4, -0.2) is 39.5 Å². The maximum Gasteiger partial charge on any atom is 0.305 e. The standard InChI is InChI=1S/C12H15BrN2O3/c1-8(2)15(7-5-10(16)17)12(18)9-4-3-6-14-11(9)13/h3-4,6,8H,5,7H2,1-2H3,(H,16,17). The van der Waals surface area contributed by atoms with Gasteiger partial charge < -0.3 is 10.0 Å². The minimum Gasteiger partial charge on any atom is -0.481 e.